The number of alkyl halides is 3. The number of hydrogen-bond donors (Lipinski definition) is 1. The number of hydrogen-bond acceptors (Lipinski definition) is 1. The average Bonchev–Trinajstić information content (AvgIpc) is 1.95. The maximum atomic E-state index is 13.2. The molecule has 1 aliphatic rings. The normalized spacial score (nSPS) is 27.8. The summed E-state index contributed by atoms with van der Waals surface area (Å²) in [6.45, 7) is 7.69. The Morgan fingerprint density at radius 3 is 1.50 bits per heavy atom. The van der Waals surface area contributed by atoms with Crippen LogP contribution in [0.2, 0.25) is 0 Å². The zero-order chi connectivity index (χ0) is 12.8. The lowest BCUT2D eigenvalue weighted by Crippen LogP contribution is -2.62. The molecule has 0 unspecified atom stereocenters. The Morgan fingerprint density at radius 1 is 0.875 bits per heavy atom. The highest BCUT2D eigenvalue weighted by Gasteiger charge is 2.60. The second-order valence-corrected chi connectivity index (χ2v) is 6.69. The van der Waals surface area contributed by atoms with Crippen molar-refractivity contribution >= 4 is 0 Å². The first-order valence-electron chi connectivity index (χ1n) is 5.69. The van der Waals surface area contributed by atoms with Crippen LogP contribution in [0.1, 0.15) is 47.0 Å². The lowest BCUT2D eigenvalue weighted by atomic mass is 9.58. The number of halogens is 3. The molecule has 1 nitrogen and oxygen atoms in total. The van der Waals surface area contributed by atoms with Crippen LogP contribution in [0.25, 0.3) is 0 Å². The predicted octanol–water partition coefficient (Wildman–Crippen LogP) is 3.74. The molecule has 4 heteroatoms. The summed E-state index contributed by atoms with van der Waals surface area (Å²) >= 11 is 0. The van der Waals surface area contributed by atoms with Gasteiger partial charge >= 0.3 is 6.18 Å². The van der Waals surface area contributed by atoms with E-state index in [4.69, 9.17) is 0 Å². The molecule has 0 amide bonds. The van der Waals surface area contributed by atoms with Crippen LogP contribution in [0.5, 0.6) is 0 Å². The average molecular weight is 237 g/mol. The minimum absolute atomic E-state index is 0.156. The first kappa shape index (κ1) is 13.8. The summed E-state index contributed by atoms with van der Waals surface area (Å²) in [6.07, 6.45) is -3.04. The van der Waals surface area contributed by atoms with Gasteiger partial charge in [-0.1, -0.05) is 27.7 Å². The zero-order valence-electron chi connectivity index (χ0n) is 10.8. The maximum absolute atomic E-state index is 13.2. The van der Waals surface area contributed by atoms with Crippen molar-refractivity contribution in [1.82, 2.24) is 5.32 Å². The van der Waals surface area contributed by atoms with Crippen LogP contribution in [0.15, 0.2) is 0 Å². The third-order valence-electron chi connectivity index (χ3n) is 3.54. The lowest BCUT2D eigenvalue weighted by molar-refractivity contribution is -0.224. The topological polar surface area (TPSA) is 12.0 Å². The van der Waals surface area contributed by atoms with E-state index in [1.807, 2.05) is 27.7 Å². The van der Waals surface area contributed by atoms with Gasteiger partial charge in [0.05, 0.1) is 0 Å². The predicted molar refractivity (Wildman–Crippen MR) is 59.3 cm³/mol. The standard InChI is InChI=1S/C12H22F3N/c1-9(2)6-10(3,4)8-11(7-9,16-5)12(13,14)15/h16H,6-8H2,1-5H3. The van der Waals surface area contributed by atoms with Crippen LogP contribution in [0, 0.1) is 10.8 Å². The van der Waals surface area contributed by atoms with Crippen molar-refractivity contribution in [1.29, 1.82) is 0 Å². The monoisotopic (exact) mass is 237 g/mol. The first-order chi connectivity index (χ1) is 6.93. The van der Waals surface area contributed by atoms with E-state index >= 15 is 0 Å². The molecule has 0 spiro atoms. The highest BCUT2D eigenvalue weighted by Crippen LogP contribution is 2.54. The van der Waals surface area contributed by atoms with Gasteiger partial charge in [-0.15, -0.1) is 0 Å². The van der Waals surface area contributed by atoms with E-state index in [9.17, 15) is 13.2 Å². The fourth-order valence-corrected chi connectivity index (χ4v) is 3.64. The van der Waals surface area contributed by atoms with Gasteiger partial charge in [0.15, 0.2) is 0 Å². The van der Waals surface area contributed by atoms with Crippen molar-refractivity contribution in [2.24, 2.45) is 10.8 Å². The molecule has 0 heterocycles. The first-order valence-corrected chi connectivity index (χ1v) is 5.69. The minimum Gasteiger partial charge on any atom is -0.307 e. The third-order valence-corrected chi connectivity index (χ3v) is 3.54. The summed E-state index contributed by atoms with van der Waals surface area (Å²) in [5, 5.41) is 2.54. The molecular formula is C12H22F3N. The second kappa shape index (κ2) is 3.62. The van der Waals surface area contributed by atoms with Gasteiger partial charge in [0, 0.05) is 0 Å². The summed E-state index contributed by atoms with van der Waals surface area (Å²) in [4.78, 5) is 0. The molecule has 0 atom stereocenters. The van der Waals surface area contributed by atoms with Crippen LogP contribution in [-0.2, 0) is 0 Å². The molecule has 16 heavy (non-hydrogen) atoms. The molecule has 1 fully saturated rings. The smallest absolute Gasteiger partial charge is 0.307 e. The molecule has 1 rings (SSSR count). The Hall–Kier alpha value is -0.250. The van der Waals surface area contributed by atoms with E-state index in [2.05, 4.69) is 5.32 Å². The molecule has 1 saturated carbocycles. The van der Waals surface area contributed by atoms with Gasteiger partial charge in [0.25, 0.3) is 0 Å². The number of rotatable bonds is 1. The third kappa shape index (κ3) is 2.53. The van der Waals surface area contributed by atoms with E-state index in [1.165, 1.54) is 7.05 Å². The van der Waals surface area contributed by atoms with Gasteiger partial charge in [-0.25, -0.2) is 0 Å². The SMILES string of the molecule is CNC1(C(F)(F)F)CC(C)(C)CC(C)(C)C1. The van der Waals surface area contributed by atoms with Crippen LogP contribution in [0.3, 0.4) is 0 Å². The number of nitrogens with one attached hydrogen (secondary N) is 1. The molecule has 1 N–H and O–H groups in total. The van der Waals surface area contributed by atoms with E-state index in [-0.39, 0.29) is 23.7 Å². The molecule has 0 aromatic rings. The van der Waals surface area contributed by atoms with Crippen LogP contribution in [-0.4, -0.2) is 18.8 Å². The largest absolute Gasteiger partial charge is 0.406 e. The molecule has 96 valence electrons. The Labute approximate surface area is 95.8 Å². The van der Waals surface area contributed by atoms with Crippen LogP contribution in [0.4, 0.5) is 13.2 Å². The van der Waals surface area contributed by atoms with E-state index in [0.29, 0.717) is 0 Å². The summed E-state index contributed by atoms with van der Waals surface area (Å²) in [7, 11) is 1.42. The summed E-state index contributed by atoms with van der Waals surface area (Å²) in [5.41, 5.74) is -2.28. The van der Waals surface area contributed by atoms with Crippen molar-refractivity contribution in [3.63, 3.8) is 0 Å². The molecule has 1 aliphatic carbocycles. The van der Waals surface area contributed by atoms with Crippen LogP contribution >= 0.6 is 0 Å². The van der Waals surface area contributed by atoms with Crippen molar-refractivity contribution in [3.8, 4) is 0 Å². The zero-order valence-corrected chi connectivity index (χ0v) is 10.8. The van der Waals surface area contributed by atoms with Gasteiger partial charge in [0.2, 0.25) is 0 Å². The van der Waals surface area contributed by atoms with E-state index < -0.39 is 11.7 Å². The van der Waals surface area contributed by atoms with Crippen molar-refractivity contribution in [3.05, 3.63) is 0 Å². The minimum atomic E-state index is -4.18. The summed E-state index contributed by atoms with van der Waals surface area (Å²) < 4.78 is 39.7. The van der Waals surface area contributed by atoms with Gasteiger partial charge < -0.3 is 5.32 Å². The fourth-order valence-electron chi connectivity index (χ4n) is 3.64. The highest BCUT2D eigenvalue weighted by molar-refractivity contribution is 5.06. The molecule has 0 bridgehead atoms. The van der Waals surface area contributed by atoms with Gasteiger partial charge in [-0.3, -0.25) is 0 Å². The molecule has 0 saturated heterocycles. The molecule has 0 aliphatic heterocycles. The van der Waals surface area contributed by atoms with Crippen LogP contribution < -0.4 is 5.32 Å². The molecule has 0 aromatic heterocycles. The van der Waals surface area contributed by atoms with Gasteiger partial charge in [-0.05, 0) is 37.1 Å². The van der Waals surface area contributed by atoms with Crippen molar-refractivity contribution < 1.29 is 13.2 Å². The lowest BCUT2D eigenvalue weighted by Gasteiger charge is -2.52. The summed E-state index contributed by atoms with van der Waals surface area (Å²) in [5.74, 6) is 0. The quantitative estimate of drug-likeness (QED) is 0.732. The molecule has 0 radical (unpaired) electrons. The fraction of sp³-hybridized carbons (Fsp3) is 1.00. The molecule has 0 aromatic carbocycles. The van der Waals surface area contributed by atoms with Gasteiger partial charge in [-0.2, -0.15) is 13.2 Å². The molecular weight excluding hydrogens is 215 g/mol. The van der Waals surface area contributed by atoms with Gasteiger partial charge in [0.1, 0.15) is 5.54 Å². The van der Waals surface area contributed by atoms with E-state index in [1.54, 1.807) is 0 Å². The van der Waals surface area contributed by atoms with Crippen molar-refractivity contribution in [2.75, 3.05) is 7.05 Å². The Bertz CT molecular complexity index is 250. The van der Waals surface area contributed by atoms with Crippen molar-refractivity contribution in [2.45, 2.75) is 58.7 Å². The second-order valence-electron chi connectivity index (χ2n) is 6.69. The summed E-state index contributed by atoms with van der Waals surface area (Å²) in [6, 6.07) is 0. The Balaban J connectivity index is 3.12. The van der Waals surface area contributed by atoms with E-state index in [0.717, 1.165) is 6.42 Å². The maximum Gasteiger partial charge on any atom is 0.406 e. The highest BCUT2D eigenvalue weighted by atomic mass is 19.4. The Morgan fingerprint density at radius 2 is 1.25 bits per heavy atom. The Kier molecular flexibility index (Phi) is 3.13.